The van der Waals surface area contributed by atoms with Gasteiger partial charge in [0, 0.05) is 0 Å². The van der Waals surface area contributed by atoms with Crippen molar-refractivity contribution in [3.8, 4) is 0 Å². The van der Waals surface area contributed by atoms with Crippen LogP contribution in [0, 0.1) is 0 Å². The average Bonchev–Trinajstić information content (AvgIpc) is 2.58. The molecule has 55 heavy (non-hydrogen) atoms. The largest absolute Gasteiger partial charge is 2.00 e. The Morgan fingerprint density at radius 3 is 0.545 bits per heavy atom. The number of hydrogen-bond acceptors (Lipinski definition) is 37. The molecule has 55 heteroatoms. The molecule has 0 heterocycles. The Balaban J connectivity index is -0.0000135. The maximum atomic E-state index is 12.8. The van der Waals surface area contributed by atoms with Gasteiger partial charge in [0.15, 0.2) is 0 Å². The normalized spacial score (nSPS) is 15.0. The van der Waals surface area contributed by atoms with E-state index in [1.54, 1.807) is 0 Å². The second kappa shape index (κ2) is 22.7. The van der Waals surface area contributed by atoms with Gasteiger partial charge in [0.25, 0.3) is 0 Å². The first-order valence-electron chi connectivity index (χ1n) is 8.78. The second-order valence-corrected chi connectivity index (χ2v) is 56.1. The molecular weight excluding hydrogens is 1900 g/mol. The number of phosphoric acid groups is 1. The van der Waals surface area contributed by atoms with Crippen LogP contribution in [-0.4, -0.2) is 49.0 Å². The SMILES string of the molecule is O=P([O][Mo](=[O])(=[O])[O][Mo](=[O])(=[O])[O][Mo](=[O])(=[O])[O][Mo](=[O])(=[O])[OH])([O][Mo](=[O])(=[O])[O][Mo](=[O])(=[O])[O][Mo](=[O])(=[O])[O][Mo](=[O])(=[O])[OH])[O][Mo](=[O])(=[O])[O][Mo](=[O])(=[O])[O][Mo](=[O])(=[O])[O][Mo](=[O])(=[O])[OH].[Ca+2].[K+]. The van der Waals surface area contributed by atoms with Gasteiger partial charge in [0.1, 0.15) is 0 Å². The molecule has 0 aliphatic rings. The molecule has 0 amide bonds. The molecule has 40 nitrogen and oxygen atoms in total. The van der Waals surface area contributed by atoms with Crippen LogP contribution in [0.5, 0.6) is 0 Å². The zero-order valence-corrected chi connectivity index (χ0v) is 53.8. The summed E-state index contributed by atoms with van der Waals surface area (Å²) in [5.74, 6) is 0. The fourth-order valence-electron chi connectivity index (χ4n) is 1.41. The van der Waals surface area contributed by atoms with Gasteiger partial charge in [-0.05, 0) is 0 Å². The van der Waals surface area contributed by atoms with E-state index in [1.807, 2.05) is 0 Å². The van der Waals surface area contributed by atoms with Crippen molar-refractivity contribution < 1.29 is 378 Å². The molecular formula is H3CaKMo12O40P+3. The van der Waals surface area contributed by atoms with Crippen LogP contribution in [-0.2, 0) is 315 Å². The van der Waals surface area contributed by atoms with Gasteiger partial charge in [-0.1, -0.05) is 0 Å². The monoisotopic (exact) mass is 1930 g/mol. The Bertz CT molecular complexity index is 2520. The first kappa shape index (κ1) is 65.3. The Morgan fingerprint density at radius 1 is 0.273 bits per heavy atom. The van der Waals surface area contributed by atoms with Crippen molar-refractivity contribution in [3.63, 3.8) is 0 Å². The first-order chi connectivity index (χ1) is 22.5. The summed E-state index contributed by atoms with van der Waals surface area (Å²) in [5.41, 5.74) is 0. The van der Waals surface area contributed by atoms with E-state index in [0.29, 0.717) is 0 Å². The van der Waals surface area contributed by atoms with E-state index >= 15 is 0 Å². The van der Waals surface area contributed by atoms with E-state index in [2.05, 4.69) is 27.9 Å². The van der Waals surface area contributed by atoms with Crippen LogP contribution in [0.3, 0.4) is 0 Å². The third-order valence-electron chi connectivity index (χ3n) is 2.06. The summed E-state index contributed by atoms with van der Waals surface area (Å²) < 4.78 is 347. The molecule has 320 valence electrons. The molecule has 0 radical (unpaired) electrons. The van der Waals surface area contributed by atoms with Gasteiger partial charge in [-0.3, -0.25) is 0 Å². The van der Waals surface area contributed by atoms with E-state index < -0.39 is 209 Å². The van der Waals surface area contributed by atoms with Gasteiger partial charge in [0.05, 0.1) is 0 Å². The standard InChI is InChI=1S/Ca.K.12Mo.H3O4P.3H2O.33O/c;;;;;;;;;;;;;;1-5(2,3)4;;;;;;;;;;;;;;;;;;;;;;;;;;;;;;;;;;;;/h;;;;;;;;;;;;;;(H3,1,2,3,4);3*1H2;;;;;;;;;;;;;;;;;;;;;;;;;;;;;;;;;/q+2;+1;;;;;;;6*+1;;;;;;;;;;;;;;;;;;;;;;;;;;;;;;;;;;;;;/p-6. The molecule has 0 unspecified atom stereocenters. The maximum Gasteiger partial charge on any atom is 2.00 e. The molecule has 0 bridgehead atoms. The van der Waals surface area contributed by atoms with E-state index in [1.165, 1.54) is 0 Å². The maximum absolute atomic E-state index is 12.8. The molecule has 0 saturated carbocycles. The first-order valence-corrected chi connectivity index (χ1v) is 49.8. The summed E-state index contributed by atoms with van der Waals surface area (Å²) >= 11 is -97.4. The molecule has 0 saturated heterocycles. The fraction of sp³-hybridized carbons (Fsp3) is 0. The van der Waals surface area contributed by atoms with Crippen molar-refractivity contribution in [1.82, 2.24) is 0 Å². The minimum absolute atomic E-state index is 0. The molecule has 0 spiro atoms. The molecule has 0 aliphatic heterocycles. The van der Waals surface area contributed by atoms with Crippen molar-refractivity contribution in [1.29, 1.82) is 0 Å². The summed E-state index contributed by atoms with van der Waals surface area (Å²) in [5, 5.41) is 0. The summed E-state index contributed by atoms with van der Waals surface area (Å²) in [7, 11) is -7.91. The van der Waals surface area contributed by atoms with Crippen LogP contribution >= 0.6 is 7.82 Å². The van der Waals surface area contributed by atoms with Gasteiger partial charge in [0.2, 0.25) is 0 Å². The predicted octanol–water partition coefficient (Wildman–Crippen LogP) is -8.01. The molecule has 0 aromatic rings. The van der Waals surface area contributed by atoms with Crippen molar-refractivity contribution in [2.24, 2.45) is 0 Å². The summed E-state index contributed by atoms with van der Waals surface area (Å²) in [4.78, 5) is 0. The molecule has 0 aromatic heterocycles. The number of hydrogen-bond donors (Lipinski definition) is 3. The Labute approximate surface area is 412 Å². The van der Waals surface area contributed by atoms with Crippen LogP contribution in [0.25, 0.3) is 0 Å². The third kappa shape index (κ3) is 33.2. The van der Waals surface area contributed by atoms with E-state index in [9.17, 15) is 86.1 Å². The summed E-state index contributed by atoms with van der Waals surface area (Å²) in [6, 6.07) is 0. The summed E-state index contributed by atoms with van der Waals surface area (Å²) in [6.45, 7) is 0. The minimum Gasteiger partial charge on any atom is 1.00 e. The molecule has 0 fully saturated rings. The number of rotatable bonds is 24. The molecule has 0 aromatic carbocycles. The van der Waals surface area contributed by atoms with E-state index in [0.717, 1.165) is 0 Å². The topological polar surface area (TPSA) is 598 Å². The van der Waals surface area contributed by atoms with Crippen LogP contribution in [0.4, 0.5) is 0 Å². The fourth-order valence-corrected chi connectivity index (χ4v) is 60.4. The van der Waals surface area contributed by atoms with Crippen LogP contribution < -0.4 is 51.4 Å². The van der Waals surface area contributed by atoms with Gasteiger partial charge in [-0.2, -0.15) is 0 Å². The van der Waals surface area contributed by atoms with Crippen molar-refractivity contribution in [2.75, 3.05) is 0 Å². The predicted molar refractivity (Wildman–Crippen MR) is 49.5 cm³/mol. The van der Waals surface area contributed by atoms with E-state index in [-0.39, 0.29) is 89.1 Å². The smallest absolute Gasteiger partial charge is 1.00 e. The Kier molecular flexibility index (Phi) is 26.9. The van der Waals surface area contributed by atoms with Crippen LogP contribution in [0.1, 0.15) is 0 Å². The average molecular weight is 1900 g/mol. The van der Waals surface area contributed by atoms with Crippen molar-refractivity contribution in [2.45, 2.75) is 0 Å². The second-order valence-electron chi connectivity index (χ2n) is 6.24. The van der Waals surface area contributed by atoms with Crippen molar-refractivity contribution >= 4 is 45.6 Å². The third-order valence-corrected chi connectivity index (χ3v) is 62.5. The van der Waals surface area contributed by atoms with Gasteiger partial charge >= 0.3 is 423 Å². The molecule has 0 atom stereocenters. The Morgan fingerprint density at radius 2 is 0.400 bits per heavy atom. The van der Waals surface area contributed by atoms with Crippen molar-refractivity contribution in [3.05, 3.63) is 0 Å². The zero-order valence-electron chi connectivity index (χ0n) is 23.5. The van der Waals surface area contributed by atoms with Crippen LogP contribution in [0.2, 0.25) is 0 Å². The quantitative estimate of drug-likeness (QED) is 0.0597. The van der Waals surface area contributed by atoms with Gasteiger partial charge in [-0.15, -0.1) is 0 Å². The van der Waals surface area contributed by atoms with Gasteiger partial charge in [-0.25, -0.2) is 0 Å². The molecule has 0 rings (SSSR count). The zero-order chi connectivity index (χ0) is 43.0. The minimum atomic E-state index is -8.79. The molecule has 3 N–H and O–H groups in total. The van der Waals surface area contributed by atoms with E-state index in [4.69, 9.17) is 11.3 Å². The Hall–Kier alpha value is 5.99. The molecule has 0 aliphatic carbocycles. The van der Waals surface area contributed by atoms with Crippen LogP contribution in [0.15, 0.2) is 0 Å². The van der Waals surface area contributed by atoms with Gasteiger partial charge < -0.3 is 0 Å². The summed E-state index contributed by atoms with van der Waals surface area (Å²) in [6.07, 6.45) is 0.